The zero-order chi connectivity index (χ0) is 18.4. The summed E-state index contributed by atoms with van der Waals surface area (Å²) in [5.41, 5.74) is 3.15. The van der Waals surface area contributed by atoms with Crippen molar-refractivity contribution < 1.29 is 4.79 Å². The largest absolute Gasteiger partial charge is 0.337 e. The molecule has 0 saturated carbocycles. The molecule has 136 valence electrons. The first-order valence-corrected chi connectivity index (χ1v) is 10.1. The fourth-order valence-electron chi connectivity index (χ4n) is 4.27. The van der Waals surface area contributed by atoms with E-state index < -0.39 is 0 Å². The van der Waals surface area contributed by atoms with Crippen molar-refractivity contribution in [1.82, 2.24) is 14.5 Å². The highest BCUT2D eigenvalue weighted by molar-refractivity contribution is 7.21. The van der Waals surface area contributed by atoms with Crippen molar-refractivity contribution in [3.8, 4) is 5.69 Å². The van der Waals surface area contributed by atoms with E-state index in [1.54, 1.807) is 0 Å². The summed E-state index contributed by atoms with van der Waals surface area (Å²) in [5, 5.41) is 1.10. The van der Waals surface area contributed by atoms with E-state index in [1.807, 2.05) is 36.4 Å². The summed E-state index contributed by atoms with van der Waals surface area (Å²) in [6.07, 6.45) is 5.22. The van der Waals surface area contributed by atoms with Crippen LogP contribution >= 0.6 is 11.3 Å². The smallest absolute Gasteiger partial charge is 0.266 e. The minimum Gasteiger partial charge on any atom is -0.337 e. The van der Waals surface area contributed by atoms with E-state index in [0.717, 1.165) is 39.6 Å². The molecule has 1 aliphatic heterocycles. The maximum Gasteiger partial charge on any atom is 0.266 e. The maximum absolute atomic E-state index is 13.5. The zero-order valence-corrected chi connectivity index (χ0v) is 16.6. The van der Waals surface area contributed by atoms with Crippen molar-refractivity contribution >= 4 is 27.5 Å². The monoisotopic (exact) mass is 367 g/mol. The van der Waals surface area contributed by atoms with Crippen LogP contribution in [-0.2, 0) is 0 Å². The Bertz CT molecular complexity index is 947. The van der Waals surface area contributed by atoms with Gasteiger partial charge in [0.1, 0.15) is 9.71 Å². The number of hydrogen-bond acceptors (Lipinski definition) is 3. The quantitative estimate of drug-likeness (QED) is 0.651. The molecular formula is C21H25N3OS. The molecule has 0 spiro atoms. The standard InChI is InChI=1S/C21H25N3OS/c1-13-9-14(2)12-24(11-13)21(25)19-18(23-7-5-6-8-23)17-15(3)10-16(4)22-20(17)26-19/h5-8,10,13-14H,9,11-12H2,1-4H3/t13-,14-/m0/s1. The van der Waals surface area contributed by atoms with Crippen LogP contribution in [0.5, 0.6) is 0 Å². The lowest BCUT2D eigenvalue weighted by Crippen LogP contribution is -2.42. The fourth-order valence-corrected chi connectivity index (χ4v) is 5.53. The number of hydrogen-bond donors (Lipinski definition) is 0. The molecule has 4 rings (SSSR count). The third-order valence-corrected chi connectivity index (χ3v) is 6.24. The van der Waals surface area contributed by atoms with E-state index in [-0.39, 0.29) is 5.91 Å². The van der Waals surface area contributed by atoms with Crippen molar-refractivity contribution in [3.63, 3.8) is 0 Å². The van der Waals surface area contributed by atoms with Crippen molar-refractivity contribution in [2.75, 3.05) is 13.1 Å². The van der Waals surface area contributed by atoms with Gasteiger partial charge in [-0.2, -0.15) is 0 Å². The van der Waals surface area contributed by atoms with Gasteiger partial charge in [0.25, 0.3) is 5.91 Å². The third-order valence-electron chi connectivity index (χ3n) is 5.18. The second kappa shape index (κ2) is 6.54. The first-order valence-electron chi connectivity index (χ1n) is 9.27. The summed E-state index contributed by atoms with van der Waals surface area (Å²) in [7, 11) is 0. The molecule has 4 nitrogen and oxygen atoms in total. The van der Waals surface area contributed by atoms with Crippen molar-refractivity contribution in [3.05, 3.63) is 46.7 Å². The molecule has 4 heterocycles. The Hall–Kier alpha value is -2.14. The molecule has 1 fully saturated rings. The fraction of sp³-hybridized carbons (Fsp3) is 0.429. The van der Waals surface area contributed by atoms with Gasteiger partial charge in [-0.1, -0.05) is 13.8 Å². The lowest BCUT2D eigenvalue weighted by atomic mass is 9.92. The number of rotatable bonds is 2. The minimum atomic E-state index is 0.146. The van der Waals surface area contributed by atoms with Gasteiger partial charge in [0, 0.05) is 36.6 Å². The summed E-state index contributed by atoms with van der Waals surface area (Å²) in [6, 6.07) is 6.10. The number of aryl methyl sites for hydroxylation is 2. The number of nitrogens with zero attached hydrogens (tertiary/aromatic N) is 3. The van der Waals surface area contributed by atoms with E-state index in [4.69, 9.17) is 4.98 Å². The number of likely N-dealkylation sites (tertiary alicyclic amines) is 1. The molecular weight excluding hydrogens is 342 g/mol. The number of fused-ring (bicyclic) bond motifs is 1. The van der Waals surface area contributed by atoms with Gasteiger partial charge in [0.15, 0.2) is 0 Å². The van der Waals surface area contributed by atoms with Gasteiger partial charge in [0.05, 0.1) is 5.69 Å². The molecule has 0 unspecified atom stereocenters. The third kappa shape index (κ3) is 2.94. The van der Waals surface area contributed by atoms with Crippen LogP contribution in [-0.4, -0.2) is 33.4 Å². The molecule has 0 radical (unpaired) electrons. The normalized spacial score (nSPS) is 20.7. The topological polar surface area (TPSA) is 38.1 Å². The van der Waals surface area contributed by atoms with Crippen molar-refractivity contribution in [2.45, 2.75) is 34.1 Å². The Labute approximate surface area is 158 Å². The summed E-state index contributed by atoms with van der Waals surface area (Å²) in [5.74, 6) is 1.25. The summed E-state index contributed by atoms with van der Waals surface area (Å²) in [4.78, 5) is 22.0. The van der Waals surface area contributed by atoms with Gasteiger partial charge in [-0.15, -0.1) is 11.3 Å². The van der Waals surface area contributed by atoms with Crippen LogP contribution in [0.25, 0.3) is 15.9 Å². The van der Waals surface area contributed by atoms with Crippen LogP contribution in [0.4, 0.5) is 0 Å². The molecule has 1 saturated heterocycles. The molecule has 0 aliphatic carbocycles. The Morgan fingerprint density at radius 3 is 2.46 bits per heavy atom. The Balaban J connectivity index is 1.88. The average Bonchev–Trinajstić information content (AvgIpc) is 3.19. The van der Waals surface area contributed by atoms with Crippen LogP contribution in [0.1, 0.15) is 41.2 Å². The number of carbonyl (C=O) groups excluding carboxylic acids is 1. The van der Waals surface area contributed by atoms with Gasteiger partial charge in [0.2, 0.25) is 0 Å². The number of amides is 1. The second-order valence-corrected chi connectivity index (χ2v) is 8.79. The van der Waals surface area contributed by atoms with Crippen LogP contribution in [0.15, 0.2) is 30.6 Å². The molecule has 1 amide bonds. The highest BCUT2D eigenvalue weighted by Crippen LogP contribution is 2.37. The molecule has 5 heteroatoms. The van der Waals surface area contributed by atoms with Gasteiger partial charge in [-0.3, -0.25) is 4.79 Å². The maximum atomic E-state index is 13.5. The molecule has 1 aliphatic rings. The second-order valence-electron chi connectivity index (χ2n) is 7.79. The SMILES string of the molecule is Cc1cc(C)c2c(-n3cccc3)c(C(=O)N3C[C@@H](C)C[C@H](C)C3)sc2n1. The van der Waals surface area contributed by atoms with Crippen molar-refractivity contribution in [1.29, 1.82) is 0 Å². The molecule has 0 N–H and O–H groups in total. The first-order chi connectivity index (χ1) is 12.4. The number of aromatic nitrogens is 2. The van der Waals surface area contributed by atoms with E-state index >= 15 is 0 Å². The molecule has 3 aromatic rings. The summed E-state index contributed by atoms with van der Waals surface area (Å²) in [6.45, 7) is 10.3. The molecule has 2 atom stereocenters. The van der Waals surface area contributed by atoms with E-state index in [9.17, 15) is 4.79 Å². The van der Waals surface area contributed by atoms with Crippen LogP contribution in [0.3, 0.4) is 0 Å². The Morgan fingerprint density at radius 2 is 1.81 bits per heavy atom. The lowest BCUT2D eigenvalue weighted by molar-refractivity contribution is 0.0628. The molecule has 3 aromatic heterocycles. The number of piperidine rings is 1. The Morgan fingerprint density at radius 1 is 1.15 bits per heavy atom. The molecule has 0 aromatic carbocycles. The zero-order valence-electron chi connectivity index (χ0n) is 15.8. The van der Waals surface area contributed by atoms with E-state index in [1.165, 1.54) is 23.3 Å². The average molecular weight is 368 g/mol. The minimum absolute atomic E-state index is 0.146. The predicted octanol–water partition coefficient (Wildman–Crippen LogP) is 4.82. The van der Waals surface area contributed by atoms with Crippen LogP contribution in [0, 0.1) is 25.7 Å². The number of thiophene rings is 1. The van der Waals surface area contributed by atoms with Crippen LogP contribution in [0.2, 0.25) is 0 Å². The van der Waals surface area contributed by atoms with Crippen LogP contribution < -0.4 is 0 Å². The van der Waals surface area contributed by atoms with Gasteiger partial charge >= 0.3 is 0 Å². The highest BCUT2D eigenvalue weighted by Gasteiger charge is 2.30. The first kappa shape index (κ1) is 17.3. The molecule has 26 heavy (non-hydrogen) atoms. The van der Waals surface area contributed by atoms with E-state index in [0.29, 0.717) is 11.8 Å². The summed E-state index contributed by atoms with van der Waals surface area (Å²) < 4.78 is 2.06. The van der Waals surface area contributed by atoms with Gasteiger partial charge < -0.3 is 9.47 Å². The van der Waals surface area contributed by atoms with E-state index in [2.05, 4.69) is 31.4 Å². The van der Waals surface area contributed by atoms with Crippen molar-refractivity contribution in [2.24, 2.45) is 11.8 Å². The number of carbonyl (C=O) groups is 1. The number of pyridine rings is 1. The molecule has 0 bridgehead atoms. The summed E-state index contributed by atoms with van der Waals surface area (Å²) >= 11 is 1.53. The highest BCUT2D eigenvalue weighted by atomic mass is 32.1. The van der Waals surface area contributed by atoms with Gasteiger partial charge in [-0.25, -0.2) is 4.98 Å². The predicted molar refractivity (Wildman–Crippen MR) is 107 cm³/mol. The Kier molecular flexibility index (Phi) is 4.35. The lowest BCUT2D eigenvalue weighted by Gasteiger charge is -2.35. The van der Waals surface area contributed by atoms with Gasteiger partial charge in [-0.05, 0) is 55.9 Å².